The van der Waals surface area contributed by atoms with Crippen molar-refractivity contribution in [3.8, 4) is 0 Å². The minimum atomic E-state index is -0.126. The van der Waals surface area contributed by atoms with Gasteiger partial charge in [0.15, 0.2) is 0 Å². The number of hydrogen-bond donors (Lipinski definition) is 1. The molecule has 1 aliphatic rings. The number of carbonyl (C=O) groups excluding carboxylic acids is 1. The van der Waals surface area contributed by atoms with E-state index in [1.54, 1.807) is 6.20 Å². The number of aryl methyl sites for hydroxylation is 1. The zero-order valence-electron chi connectivity index (χ0n) is 15.2. The first-order valence-corrected chi connectivity index (χ1v) is 8.72. The minimum Gasteiger partial charge on any atom is -0.465 e. The molecule has 1 N–H and O–H groups in total. The lowest BCUT2D eigenvalue weighted by Crippen LogP contribution is -2.41. The quantitative estimate of drug-likeness (QED) is 0.849. The maximum absolute atomic E-state index is 12.6. The zero-order valence-corrected chi connectivity index (χ0v) is 15.2. The Morgan fingerprint density at radius 3 is 2.92 bits per heavy atom. The molecule has 0 aliphatic carbocycles. The first-order valence-electron chi connectivity index (χ1n) is 8.72. The molecule has 3 rings (SSSR count). The van der Waals surface area contributed by atoms with Crippen LogP contribution in [0, 0.1) is 12.8 Å². The number of amides is 1. The molecule has 3 heterocycles. The smallest absolute Gasteiger partial charge is 0.226 e. The third kappa shape index (κ3) is 4.70. The van der Waals surface area contributed by atoms with E-state index in [4.69, 9.17) is 4.42 Å². The minimum absolute atomic E-state index is 0.0887. The summed E-state index contributed by atoms with van der Waals surface area (Å²) in [5.74, 6) is 1.80. The van der Waals surface area contributed by atoms with Crippen molar-refractivity contribution in [2.75, 3.05) is 33.7 Å². The Hall–Kier alpha value is -2.12. The molecule has 1 atom stereocenters. The van der Waals surface area contributed by atoms with Gasteiger partial charge in [-0.25, -0.2) is 0 Å². The SMILES string of the molecule is Cc1ccc(CN2Cc3ccnn3CC(C(=O)NCCN(C)C)C2)o1. The second-order valence-electron chi connectivity index (χ2n) is 6.98. The fourth-order valence-corrected chi connectivity index (χ4v) is 3.15. The molecule has 7 nitrogen and oxygen atoms in total. The predicted octanol–water partition coefficient (Wildman–Crippen LogP) is 1.09. The first-order chi connectivity index (χ1) is 12.0. The summed E-state index contributed by atoms with van der Waals surface area (Å²) in [6.45, 7) is 6.21. The highest BCUT2D eigenvalue weighted by atomic mass is 16.3. The number of carbonyl (C=O) groups is 1. The van der Waals surface area contributed by atoms with Crippen LogP contribution in [-0.2, 0) is 24.4 Å². The maximum Gasteiger partial charge on any atom is 0.226 e. The Morgan fingerprint density at radius 2 is 2.20 bits per heavy atom. The fraction of sp³-hybridized carbons (Fsp3) is 0.556. The molecular formula is C18H27N5O2. The van der Waals surface area contributed by atoms with E-state index in [-0.39, 0.29) is 11.8 Å². The summed E-state index contributed by atoms with van der Waals surface area (Å²) in [7, 11) is 4.00. The van der Waals surface area contributed by atoms with Crippen LogP contribution < -0.4 is 5.32 Å². The second-order valence-corrected chi connectivity index (χ2v) is 6.98. The van der Waals surface area contributed by atoms with E-state index in [2.05, 4.69) is 20.2 Å². The molecule has 136 valence electrons. The Kier molecular flexibility index (Phi) is 5.55. The van der Waals surface area contributed by atoms with Crippen molar-refractivity contribution in [1.29, 1.82) is 0 Å². The van der Waals surface area contributed by atoms with Crippen LogP contribution in [0.15, 0.2) is 28.8 Å². The molecule has 1 unspecified atom stereocenters. The molecule has 2 aromatic heterocycles. The van der Waals surface area contributed by atoms with Crippen molar-refractivity contribution in [2.45, 2.75) is 26.6 Å². The van der Waals surface area contributed by atoms with E-state index in [9.17, 15) is 4.79 Å². The van der Waals surface area contributed by atoms with E-state index >= 15 is 0 Å². The number of furan rings is 1. The second kappa shape index (κ2) is 7.84. The van der Waals surface area contributed by atoms with E-state index in [0.717, 1.165) is 30.3 Å². The molecule has 0 fully saturated rings. The van der Waals surface area contributed by atoms with Gasteiger partial charge < -0.3 is 14.6 Å². The summed E-state index contributed by atoms with van der Waals surface area (Å²) in [5, 5.41) is 7.43. The molecular weight excluding hydrogens is 318 g/mol. The molecule has 1 aliphatic heterocycles. The highest BCUT2D eigenvalue weighted by Crippen LogP contribution is 2.19. The first kappa shape index (κ1) is 17.7. The van der Waals surface area contributed by atoms with Crippen molar-refractivity contribution >= 4 is 5.91 Å². The Bertz CT molecular complexity index is 706. The lowest BCUT2D eigenvalue weighted by molar-refractivity contribution is -0.126. The van der Waals surface area contributed by atoms with Crippen molar-refractivity contribution in [1.82, 2.24) is 24.9 Å². The van der Waals surface area contributed by atoms with Crippen LogP contribution in [0.5, 0.6) is 0 Å². The van der Waals surface area contributed by atoms with Gasteiger partial charge in [-0.15, -0.1) is 0 Å². The summed E-state index contributed by atoms with van der Waals surface area (Å²) in [6.07, 6.45) is 1.80. The molecule has 0 aromatic carbocycles. The molecule has 1 amide bonds. The van der Waals surface area contributed by atoms with E-state index in [1.807, 2.05) is 43.9 Å². The number of likely N-dealkylation sites (N-methyl/N-ethyl adjacent to an activating group) is 1. The number of nitrogens with zero attached hydrogens (tertiary/aromatic N) is 4. The Morgan fingerprint density at radius 1 is 1.36 bits per heavy atom. The molecule has 0 spiro atoms. The van der Waals surface area contributed by atoms with Crippen LogP contribution in [0.2, 0.25) is 0 Å². The molecule has 25 heavy (non-hydrogen) atoms. The summed E-state index contributed by atoms with van der Waals surface area (Å²) < 4.78 is 7.66. The Labute approximate surface area is 148 Å². The van der Waals surface area contributed by atoms with Crippen LogP contribution in [0.1, 0.15) is 17.2 Å². The number of fused-ring (bicyclic) bond motifs is 1. The van der Waals surface area contributed by atoms with Gasteiger partial charge in [0, 0.05) is 32.4 Å². The van der Waals surface area contributed by atoms with Gasteiger partial charge in [-0.3, -0.25) is 14.4 Å². The molecule has 7 heteroatoms. The van der Waals surface area contributed by atoms with Gasteiger partial charge in [-0.2, -0.15) is 5.10 Å². The molecule has 0 bridgehead atoms. The van der Waals surface area contributed by atoms with Crippen LogP contribution in [0.25, 0.3) is 0 Å². The summed E-state index contributed by atoms with van der Waals surface area (Å²) in [5.41, 5.74) is 1.13. The van der Waals surface area contributed by atoms with Crippen molar-refractivity contribution in [3.05, 3.63) is 41.6 Å². The predicted molar refractivity (Wildman–Crippen MR) is 94.8 cm³/mol. The monoisotopic (exact) mass is 345 g/mol. The van der Waals surface area contributed by atoms with Crippen LogP contribution in [-0.4, -0.2) is 59.2 Å². The highest BCUT2D eigenvalue weighted by molar-refractivity contribution is 5.78. The van der Waals surface area contributed by atoms with Crippen LogP contribution in [0.4, 0.5) is 0 Å². The number of rotatable bonds is 6. The topological polar surface area (TPSA) is 66.5 Å². The Balaban J connectivity index is 1.69. The van der Waals surface area contributed by atoms with E-state index in [1.165, 1.54) is 0 Å². The number of hydrogen-bond acceptors (Lipinski definition) is 5. The molecule has 2 aromatic rings. The third-order valence-corrected chi connectivity index (χ3v) is 4.47. The largest absolute Gasteiger partial charge is 0.465 e. The van der Waals surface area contributed by atoms with Crippen molar-refractivity contribution < 1.29 is 9.21 Å². The summed E-state index contributed by atoms with van der Waals surface area (Å²) >= 11 is 0. The van der Waals surface area contributed by atoms with Gasteiger partial charge in [-0.1, -0.05) is 0 Å². The zero-order chi connectivity index (χ0) is 17.8. The third-order valence-electron chi connectivity index (χ3n) is 4.47. The van der Waals surface area contributed by atoms with Gasteiger partial charge in [-0.05, 0) is 39.2 Å². The van der Waals surface area contributed by atoms with Crippen molar-refractivity contribution in [2.24, 2.45) is 5.92 Å². The van der Waals surface area contributed by atoms with Gasteiger partial charge >= 0.3 is 0 Å². The van der Waals surface area contributed by atoms with Crippen LogP contribution >= 0.6 is 0 Å². The van der Waals surface area contributed by atoms with Gasteiger partial charge in [0.2, 0.25) is 5.91 Å². The lowest BCUT2D eigenvalue weighted by Gasteiger charge is -2.22. The standard InChI is InChI=1S/C18H27N5O2/c1-14-4-5-17(25-14)13-22-10-15(18(24)19-8-9-21(2)3)11-23-16(12-22)6-7-20-23/h4-7,15H,8-13H2,1-3H3,(H,19,24). The van der Waals surface area contributed by atoms with Gasteiger partial charge in [0.1, 0.15) is 11.5 Å². The molecule has 0 radical (unpaired) electrons. The molecule has 0 saturated carbocycles. The fourth-order valence-electron chi connectivity index (χ4n) is 3.15. The summed E-state index contributed by atoms with van der Waals surface area (Å²) in [6, 6.07) is 6.00. The van der Waals surface area contributed by atoms with Crippen molar-refractivity contribution in [3.63, 3.8) is 0 Å². The van der Waals surface area contributed by atoms with E-state index in [0.29, 0.717) is 26.2 Å². The van der Waals surface area contributed by atoms with Crippen LogP contribution in [0.3, 0.4) is 0 Å². The maximum atomic E-state index is 12.6. The normalized spacial score (nSPS) is 18.2. The molecule has 0 saturated heterocycles. The lowest BCUT2D eigenvalue weighted by atomic mass is 10.1. The number of nitrogens with one attached hydrogen (secondary N) is 1. The summed E-state index contributed by atoms with van der Waals surface area (Å²) in [4.78, 5) is 17.0. The average Bonchev–Trinajstić information content (AvgIpc) is 3.11. The van der Waals surface area contributed by atoms with Gasteiger partial charge in [0.05, 0.1) is 24.7 Å². The average molecular weight is 345 g/mol. The number of aromatic nitrogens is 2. The van der Waals surface area contributed by atoms with Gasteiger partial charge in [0.25, 0.3) is 0 Å². The van der Waals surface area contributed by atoms with E-state index < -0.39 is 0 Å². The highest BCUT2D eigenvalue weighted by Gasteiger charge is 2.27.